The van der Waals surface area contributed by atoms with Crippen LogP contribution in [0.15, 0.2) is 40.9 Å². The van der Waals surface area contributed by atoms with Gasteiger partial charge in [-0.25, -0.2) is 0 Å². The van der Waals surface area contributed by atoms with E-state index in [1.807, 2.05) is 24.3 Å². The maximum Gasteiger partial charge on any atom is 0.233 e. The monoisotopic (exact) mass is 376 g/mol. The summed E-state index contributed by atoms with van der Waals surface area (Å²) in [4.78, 5) is 37.8. The Bertz CT molecular complexity index is 643. The maximum absolute atomic E-state index is 12.3. The van der Waals surface area contributed by atoms with Gasteiger partial charge in [-0.1, -0.05) is 28.1 Å². The van der Waals surface area contributed by atoms with Crippen LogP contribution < -0.4 is 5.32 Å². The van der Waals surface area contributed by atoms with Gasteiger partial charge in [-0.3, -0.25) is 19.3 Å². The highest BCUT2D eigenvalue weighted by Crippen LogP contribution is 2.35. The molecule has 23 heavy (non-hydrogen) atoms. The van der Waals surface area contributed by atoms with Gasteiger partial charge < -0.3 is 5.32 Å². The van der Waals surface area contributed by atoms with Crippen LogP contribution in [0.25, 0.3) is 0 Å². The van der Waals surface area contributed by atoms with Crippen molar-refractivity contribution < 1.29 is 14.4 Å². The number of hydrogen-bond donors (Lipinski definition) is 1. The number of nitrogens with zero attached hydrogens (tertiary/aromatic N) is 1. The Morgan fingerprint density at radius 1 is 1.09 bits per heavy atom. The summed E-state index contributed by atoms with van der Waals surface area (Å²) in [5.41, 5.74) is 0.690. The summed E-state index contributed by atoms with van der Waals surface area (Å²) >= 11 is 3.33. The van der Waals surface area contributed by atoms with Gasteiger partial charge in [0.1, 0.15) is 0 Å². The van der Waals surface area contributed by atoms with Crippen LogP contribution in [0.5, 0.6) is 0 Å². The first kappa shape index (κ1) is 15.9. The topological polar surface area (TPSA) is 66.5 Å². The number of carbonyl (C=O) groups is 3. The number of carbonyl (C=O) groups excluding carboxylic acids is 3. The average molecular weight is 377 g/mol. The van der Waals surface area contributed by atoms with Crippen molar-refractivity contribution in [3.8, 4) is 0 Å². The number of amides is 3. The van der Waals surface area contributed by atoms with Gasteiger partial charge in [0.2, 0.25) is 17.7 Å². The standard InChI is InChI=1S/C17H17BrN2O3/c18-11-5-7-12(8-6-11)19-15(21)9-10-20-16(22)13-3-1-2-4-14(13)17(20)23/h1-2,5-8,13-14H,3-4,9-10H2,(H,19,21)/t13-,14-/m1/s1. The van der Waals surface area contributed by atoms with E-state index >= 15 is 0 Å². The molecule has 1 aromatic carbocycles. The van der Waals surface area contributed by atoms with Crippen molar-refractivity contribution in [1.82, 2.24) is 4.90 Å². The Labute approximate surface area is 142 Å². The molecule has 0 spiro atoms. The minimum absolute atomic E-state index is 0.112. The Kier molecular flexibility index (Phi) is 4.61. The van der Waals surface area contributed by atoms with Crippen LogP contribution >= 0.6 is 15.9 Å². The van der Waals surface area contributed by atoms with Crippen LogP contribution in [0.2, 0.25) is 0 Å². The second-order valence-corrected chi connectivity index (χ2v) is 6.70. The van der Waals surface area contributed by atoms with Gasteiger partial charge in [-0.15, -0.1) is 0 Å². The largest absolute Gasteiger partial charge is 0.326 e. The summed E-state index contributed by atoms with van der Waals surface area (Å²) in [6.45, 7) is 0.146. The SMILES string of the molecule is O=C(CCN1C(=O)[C@@H]2CC=CC[C@H]2C1=O)Nc1ccc(Br)cc1. The van der Waals surface area contributed by atoms with Crippen molar-refractivity contribution in [2.24, 2.45) is 11.8 Å². The van der Waals surface area contributed by atoms with Crippen molar-refractivity contribution in [3.05, 3.63) is 40.9 Å². The molecule has 0 unspecified atom stereocenters. The summed E-state index contributed by atoms with van der Waals surface area (Å²) in [7, 11) is 0. The van der Waals surface area contributed by atoms with Crippen LogP contribution in [0.1, 0.15) is 19.3 Å². The number of likely N-dealkylation sites (tertiary alicyclic amines) is 1. The summed E-state index contributed by atoms with van der Waals surface area (Å²) in [5, 5.41) is 2.76. The van der Waals surface area contributed by atoms with Crippen molar-refractivity contribution in [1.29, 1.82) is 0 Å². The predicted octanol–water partition coefficient (Wildman–Crippen LogP) is 2.73. The van der Waals surface area contributed by atoms with Gasteiger partial charge in [-0.05, 0) is 37.1 Å². The molecule has 0 radical (unpaired) electrons. The fraction of sp³-hybridized carbons (Fsp3) is 0.353. The molecule has 1 aliphatic carbocycles. The van der Waals surface area contributed by atoms with Gasteiger partial charge in [0.25, 0.3) is 0 Å². The molecule has 0 saturated carbocycles. The smallest absolute Gasteiger partial charge is 0.233 e. The van der Waals surface area contributed by atoms with Crippen molar-refractivity contribution in [2.45, 2.75) is 19.3 Å². The quantitative estimate of drug-likeness (QED) is 0.648. The lowest BCUT2D eigenvalue weighted by Crippen LogP contribution is -2.34. The first-order chi connectivity index (χ1) is 11.1. The third kappa shape index (κ3) is 3.37. The van der Waals surface area contributed by atoms with Gasteiger partial charge in [0.05, 0.1) is 11.8 Å². The summed E-state index contributed by atoms with van der Waals surface area (Å²) in [5.74, 6) is -0.952. The minimum Gasteiger partial charge on any atom is -0.326 e. The Hall–Kier alpha value is -1.95. The van der Waals surface area contributed by atoms with Gasteiger partial charge in [0.15, 0.2) is 0 Å². The molecule has 2 aliphatic rings. The minimum atomic E-state index is -0.234. The summed E-state index contributed by atoms with van der Waals surface area (Å²) in [6, 6.07) is 7.24. The number of allylic oxidation sites excluding steroid dienone is 2. The van der Waals surface area contributed by atoms with Gasteiger partial charge in [-0.2, -0.15) is 0 Å². The highest BCUT2D eigenvalue weighted by molar-refractivity contribution is 9.10. The maximum atomic E-state index is 12.3. The summed E-state index contributed by atoms with van der Waals surface area (Å²) in [6.07, 6.45) is 5.26. The third-order valence-electron chi connectivity index (χ3n) is 4.29. The molecule has 1 fully saturated rings. The van der Waals surface area contributed by atoms with E-state index in [4.69, 9.17) is 0 Å². The Balaban J connectivity index is 1.56. The van der Waals surface area contributed by atoms with Crippen molar-refractivity contribution in [2.75, 3.05) is 11.9 Å². The molecule has 1 aliphatic heterocycles. The first-order valence-corrected chi connectivity index (χ1v) is 8.41. The second-order valence-electron chi connectivity index (χ2n) is 5.79. The van der Waals surface area contributed by atoms with E-state index in [0.29, 0.717) is 18.5 Å². The number of benzene rings is 1. The van der Waals surface area contributed by atoms with Gasteiger partial charge in [0, 0.05) is 23.1 Å². The second kappa shape index (κ2) is 6.66. The molecular weight excluding hydrogens is 360 g/mol. The van der Waals surface area contributed by atoms with E-state index in [1.54, 1.807) is 12.1 Å². The van der Waals surface area contributed by atoms with Crippen molar-refractivity contribution in [3.63, 3.8) is 0 Å². The zero-order chi connectivity index (χ0) is 16.4. The molecule has 120 valence electrons. The number of nitrogens with one attached hydrogen (secondary N) is 1. The lowest BCUT2D eigenvalue weighted by molar-refractivity contribution is -0.140. The van der Waals surface area contributed by atoms with Crippen molar-refractivity contribution >= 4 is 39.3 Å². The van der Waals surface area contributed by atoms with Crippen LogP contribution in [-0.2, 0) is 14.4 Å². The van der Waals surface area contributed by atoms with Crippen LogP contribution in [-0.4, -0.2) is 29.2 Å². The van der Waals surface area contributed by atoms with E-state index in [-0.39, 0.29) is 42.5 Å². The molecule has 1 aromatic rings. The Morgan fingerprint density at radius 3 is 2.22 bits per heavy atom. The zero-order valence-electron chi connectivity index (χ0n) is 12.5. The van der Waals surface area contributed by atoms with Crippen LogP contribution in [0, 0.1) is 11.8 Å². The van der Waals surface area contributed by atoms with E-state index in [0.717, 1.165) is 4.47 Å². The molecule has 0 bridgehead atoms. The molecule has 1 N–H and O–H groups in total. The molecular formula is C17H17BrN2O3. The van der Waals surface area contributed by atoms with E-state index in [2.05, 4.69) is 21.2 Å². The highest BCUT2D eigenvalue weighted by atomic mass is 79.9. The molecule has 1 saturated heterocycles. The van der Waals surface area contributed by atoms with Gasteiger partial charge >= 0.3 is 0 Å². The highest BCUT2D eigenvalue weighted by Gasteiger charge is 2.46. The Morgan fingerprint density at radius 2 is 1.65 bits per heavy atom. The number of anilines is 1. The lowest BCUT2D eigenvalue weighted by Gasteiger charge is -2.14. The molecule has 3 rings (SSSR count). The molecule has 6 heteroatoms. The normalized spacial score (nSPS) is 23.1. The number of imide groups is 1. The summed E-state index contributed by atoms with van der Waals surface area (Å²) < 4.78 is 0.931. The third-order valence-corrected chi connectivity index (χ3v) is 4.82. The van der Waals surface area contributed by atoms with Crippen LogP contribution in [0.3, 0.4) is 0 Å². The first-order valence-electron chi connectivity index (χ1n) is 7.62. The molecule has 0 aromatic heterocycles. The number of fused-ring (bicyclic) bond motifs is 1. The number of halogens is 1. The predicted molar refractivity (Wildman–Crippen MR) is 89.5 cm³/mol. The molecule has 1 heterocycles. The van der Waals surface area contributed by atoms with E-state index in [9.17, 15) is 14.4 Å². The zero-order valence-corrected chi connectivity index (χ0v) is 14.1. The average Bonchev–Trinajstić information content (AvgIpc) is 2.80. The fourth-order valence-electron chi connectivity index (χ4n) is 3.06. The fourth-order valence-corrected chi connectivity index (χ4v) is 3.32. The van der Waals surface area contributed by atoms with E-state index < -0.39 is 0 Å². The van der Waals surface area contributed by atoms with Crippen LogP contribution in [0.4, 0.5) is 5.69 Å². The molecule has 2 atom stereocenters. The number of hydrogen-bond acceptors (Lipinski definition) is 3. The number of rotatable bonds is 4. The van der Waals surface area contributed by atoms with E-state index in [1.165, 1.54) is 4.90 Å². The lowest BCUT2D eigenvalue weighted by atomic mass is 9.85. The molecule has 3 amide bonds. The molecule has 5 nitrogen and oxygen atoms in total.